The van der Waals surface area contributed by atoms with Crippen molar-refractivity contribution >= 4 is 55.1 Å². The molecule has 0 spiro atoms. The van der Waals surface area contributed by atoms with Crippen LogP contribution in [0.15, 0.2) is 81.7 Å². The van der Waals surface area contributed by atoms with Gasteiger partial charge in [0.2, 0.25) is 0 Å². The van der Waals surface area contributed by atoms with Gasteiger partial charge in [0.25, 0.3) is 0 Å². The third-order valence-electron chi connectivity index (χ3n) is 5.52. The predicted octanol–water partition coefficient (Wildman–Crippen LogP) is 9.95. The number of hydrogen-bond acceptors (Lipinski definition) is 3. The third kappa shape index (κ3) is 8.92. The zero-order valence-corrected chi connectivity index (χ0v) is 25.8. The molecule has 0 aromatic heterocycles. The van der Waals surface area contributed by atoms with E-state index < -0.39 is 11.9 Å². The largest absolute Gasteiger partial charge is 0.491 e. The molecule has 4 aromatic rings. The molecule has 0 radical (unpaired) electrons. The summed E-state index contributed by atoms with van der Waals surface area (Å²) in [7, 11) is 0. The van der Waals surface area contributed by atoms with Crippen LogP contribution in [0.1, 0.15) is 42.2 Å². The maximum Gasteiger partial charge on any atom is 0.165 e. The quantitative estimate of drug-likeness (QED) is 0.199. The lowest BCUT2D eigenvalue weighted by molar-refractivity contribution is 0.219. The van der Waals surface area contributed by atoms with Crippen LogP contribution >= 0.6 is 55.1 Å². The van der Waals surface area contributed by atoms with Gasteiger partial charge >= 0.3 is 0 Å². The highest BCUT2D eigenvalue weighted by atomic mass is 79.9. The Hall–Kier alpha value is -2.16. The molecule has 206 valence electrons. The molecule has 9 heteroatoms. The van der Waals surface area contributed by atoms with Gasteiger partial charge in [-0.25, -0.2) is 8.78 Å². The summed E-state index contributed by atoms with van der Waals surface area (Å²) < 4.78 is 39.6. The molecule has 0 fully saturated rings. The van der Waals surface area contributed by atoms with Crippen molar-refractivity contribution in [3.05, 3.63) is 126 Å². The average Bonchev–Trinajstić information content (AvgIpc) is 2.90. The summed E-state index contributed by atoms with van der Waals surface area (Å²) in [4.78, 5) is 0. The van der Waals surface area contributed by atoms with E-state index >= 15 is 0 Å². The average molecular weight is 703 g/mol. The topological polar surface area (TPSA) is 38.7 Å². The molecule has 0 saturated heterocycles. The van der Waals surface area contributed by atoms with E-state index in [0.29, 0.717) is 40.8 Å². The van der Waals surface area contributed by atoms with E-state index in [4.69, 9.17) is 32.7 Å². The van der Waals surface area contributed by atoms with E-state index in [1.807, 2.05) is 31.2 Å². The Kier molecular flexibility index (Phi) is 12.1. The van der Waals surface area contributed by atoms with E-state index in [2.05, 4.69) is 31.9 Å². The summed E-state index contributed by atoms with van der Waals surface area (Å²) in [6.07, 6.45) is -0.410. The fourth-order valence-corrected chi connectivity index (χ4v) is 4.88. The summed E-state index contributed by atoms with van der Waals surface area (Å²) >= 11 is 18.9. The van der Waals surface area contributed by atoms with Crippen LogP contribution in [0.5, 0.6) is 11.5 Å². The number of halogens is 6. The number of aliphatic hydroxyl groups is 1. The molecule has 1 N–H and O–H groups in total. The molecule has 0 aliphatic rings. The molecule has 0 bridgehead atoms. The van der Waals surface area contributed by atoms with Gasteiger partial charge in [-0.15, -0.1) is 0 Å². The molecule has 1 atom stereocenters. The zero-order valence-electron chi connectivity index (χ0n) is 21.2. The standard InChI is InChI=1S/C15H13BrClFO2.C15H13BrClFO/c1-2-20-14-6-3-9(7-13(14)18)15(19)11-8-10(16)4-5-12(11)17;1-2-19-15-6-3-10(8-14(15)18)7-11-9-12(16)4-5-13(11)17/h3-8,15,19H,2H2,1H3;3-6,8-9H,2,7H2,1H3. The van der Waals surface area contributed by atoms with E-state index in [1.54, 1.807) is 37.3 Å². The zero-order chi connectivity index (χ0) is 28.5. The number of aliphatic hydroxyl groups excluding tert-OH is 1. The molecule has 1 unspecified atom stereocenters. The van der Waals surface area contributed by atoms with Crippen LogP contribution in [-0.2, 0) is 6.42 Å². The van der Waals surface area contributed by atoms with Crippen LogP contribution in [0.2, 0.25) is 10.0 Å². The highest BCUT2D eigenvalue weighted by Crippen LogP contribution is 2.32. The summed E-state index contributed by atoms with van der Waals surface area (Å²) in [6.45, 7) is 4.45. The van der Waals surface area contributed by atoms with Gasteiger partial charge in [0.1, 0.15) is 6.10 Å². The smallest absolute Gasteiger partial charge is 0.165 e. The summed E-state index contributed by atoms with van der Waals surface area (Å²) in [5, 5.41) is 11.4. The first-order valence-corrected chi connectivity index (χ1v) is 14.4. The summed E-state index contributed by atoms with van der Waals surface area (Å²) in [5.74, 6) is -0.393. The molecular weight excluding hydrogens is 677 g/mol. The van der Waals surface area contributed by atoms with E-state index in [1.165, 1.54) is 18.2 Å². The maximum atomic E-state index is 13.8. The second kappa shape index (κ2) is 15.0. The van der Waals surface area contributed by atoms with Crippen molar-refractivity contribution in [1.82, 2.24) is 0 Å². The second-order valence-electron chi connectivity index (χ2n) is 8.30. The third-order valence-corrected chi connectivity index (χ3v) is 7.22. The van der Waals surface area contributed by atoms with Gasteiger partial charge in [-0.1, -0.05) is 67.2 Å². The first kappa shape index (κ1) is 31.4. The van der Waals surface area contributed by atoms with Crippen LogP contribution in [-0.4, -0.2) is 18.3 Å². The molecule has 0 heterocycles. The minimum absolute atomic E-state index is 0.170. The van der Waals surface area contributed by atoms with Crippen molar-refractivity contribution in [3.63, 3.8) is 0 Å². The van der Waals surface area contributed by atoms with Crippen molar-refractivity contribution in [2.75, 3.05) is 13.2 Å². The minimum atomic E-state index is -0.995. The van der Waals surface area contributed by atoms with Crippen LogP contribution in [0.3, 0.4) is 0 Å². The SMILES string of the molecule is CCOc1ccc(C(O)c2cc(Br)ccc2Cl)cc1F.CCOc1ccc(Cc2cc(Br)ccc2Cl)cc1F. The van der Waals surface area contributed by atoms with Crippen molar-refractivity contribution in [1.29, 1.82) is 0 Å². The Bertz CT molecular complexity index is 1420. The van der Waals surface area contributed by atoms with Crippen molar-refractivity contribution in [2.24, 2.45) is 0 Å². The molecule has 4 aromatic carbocycles. The summed E-state index contributed by atoms with van der Waals surface area (Å²) in [5.41, 5.74) is 2.76. The Balaban J connectivity index is 0.000000216. The highest BCUT2D eigenvalue weighted by molar-refractivity contribution is 9.10. The number of ether oxygens (including phenoxy) is 2. The fourth-order valence-electron chi connectivity index (χ4n) is 3.69. The predicted molar refractivity (Wildman–Crippen MR) is 160 cm³/mol. The highest BCUT2D eigenvalue weighted by Gasteiger charge is 2.16. The molecule has 0 aliphatic carbocycles. The van der Waals surface area contributed by atoms with Gasteiger partial charge in [-0.05, 0) is 97.6 Å². The Labute approximate surface area is 253 Å². The van der Waals surface area contributed by atoms with Gasteiger partial charge in [-0.3, -0.25) is 0 Å². The Morgan fingerprint density at radius 3 is 1.90 bits per heavy atom. The first-order chi connectivity index (χ1) is 18.6. The van der Waals surface area contributed by atoms with Gasteiger partial charge in [0.15, 0.2) is 23.1 Å². The minimum Gasteiger partial charge on any atom is -0.491 e. The van der Waals surface area contributed by atoms with Crippen molar-refractivity contribution in [3.8, 4) is 11.5 Å². The Morgan fingerprint density at radius 2 is 1.31 bits per heavy atom. The molecule has 39 heavy (non-hydrogen) atoms. The molecule has 0 amide bonds. The molecule has 3 nitrogen and oxygen atoms in total. The maximum absolute atomic E-state index is 13.8. The van der Waals surface area contributed by atoms with Crippen LogP contribution in [0.25, 0.3) is 0 Å². The van der Waals surface area contributed by atoms with E-state index in [0.717, 1.165) is 20.1 Å². The lowest BCUT2D eigenvalue weighted by Crippen LogP contribution is -2.02. The van der Waals surface area contributed by atoms with Crippen LogP contribution in [0, 0.1) is 11.6 Å². The second-order valence-corrected chi connectivity index (χ2v) is 10.9. The number of benzene rings is 4. The van der Waals surface area contributed by atoms with Crippen molar-refractivity contribution in [2.45, 2.75) is 26.4 Å². The molecule has 0 aliphatic heterocycles. The Morgan fingerprint density at radius 1 is 0.744 bits per heavy atom. The van der Waals surface area contributed by atoms with Crippen LogP contribution < -0.4 is 9.47 Å². The van der Waals surface area contributed by atoms with Gasteiger partial charge < -0.3 is 14.6 Å². The number of hydrogen-bond donors (Lipinski definition) is 1. The lowest BCUT2D eigenvalue weighted by atomic mass is 10.0. The summed E-state index contributed by atoms with van der Waals surface area (Å²) in [6, 6.07) is 20.2. The molecule has 0 saturated carbocycles. The van der Waals surface area contributed by atoms with Gasteiger partial charge in [0.05, 0.1) is 13.2 Å². The van der Waals surface area contributed by atoms with Crippen molar-refractivity contribution < 1.29 is 23.4 Å². The molecular formula is C30H26Br2Cl2F2O3. The van der Waals surface area contributed by atoms with Gasteiger partial charge in [0, 0.05) is 24.6 Å². The lowest BCUT2D eigenvalue weighted by Gasteiger charge is -2.15. The van der Waals surface area contributed by atoms with E-state index in [9.17, 15) is 13.9 Å². The van der Waals surface area contributed by atoms with E-state index in [-0.39, 0.29) is 17.3 Å². The monoisotopic (exact) mass is 700 g/mol. The number of rotatable bonds is 8. The molecule has 4 rings (SSSR count). The fraction of sp³-hybridized carbons (Fsp3) is 0.200. The van der Waals surface area contributed by atoms with Crippen LogP contribution in [0.4, 0.5) is 8.78 Å². The normalized spacial score (nSPS) is 11.4. The van der Waals surface area contributed by atoms with Gasteiger partial charge in [-0.2, -0.15) is 0 Å². The first-order valence-electron chi connectivity index (χ1n) is 12.0.